The van der Waals surface area contributed by atoms with Crippen LogP contribution in [0.25, 0.3) is 0 Å². The SMILES string of the molecule is Cc1cc(N[C@@H](C(=O)NC2CC2)c2ccc(F)cc2)ccc1N1CCCC1=O. The number of hydrogen-bond donors (Lipinski definition) is 2. The van der Waals surface area contributed by atoms with E-state index in [0.29, 0.717) is 12.0 Å². The fourth-order valence-corrected chi connectivity index (χ4v) is 3.59. The zero-order valence-corrected chi connectivity index (χ0v) is 15.9. The summed E-state index contributed by atoms with van der Waals surface area (Å²) in [6.45, 7) is 2.71. The van der Waals surface area contributed by atoms with Crippen LogP contribution in [0, 0.1) is 12.7 Å². The molecule has 2 N–H and O–H groups in total. The van der Waals surface area contributed by atoms with Crippen molar-refractivity contribution in [1.82, 2.24) is 5.32 Å². The van der Waals surface area contributed by atoms with E-state index < -0.39 is 6.04 Å². The molecule has 28 heavy (non-hydrogen) atoms. The molecule has 1 saturated heterocycles. The molecule has 0 aromatic heterocycles. The van der Waals surface area contributed by atoms with Crippen LogP contribution >= 0.6 is 0 Å². The summed E-state index contributed by atoms with van der Waals surface area (Å²) in [6, 6.07) is 11.4. The fourth-order valence-electron chi connectivity index (χ4n) is 3.59. The minimum atomic E-state index is -0.611. The first-order valence-corrected chi connectivity index (χ1v) is 9.74. The first-order valence-electron chi connectivity index (χ1n) is 9.74. The third-order valence-corrected chi connectivity index (χ3v) is 5.26. The summed E-state index contributed by atoms with van der Waals surface area (Å²) in [5.41, 5.74) is 3.37. The summed E-state index contributed by atoms with van der Waals surface area (Å²) < 4.78 is 13.3. The zero-order chi connectivity index (χ0) is 19.7. The fraction of sp³-hybridized carbons (Fsp3) is 0.364. The molecule has 1 aliphatic carbocycles. The van der Waals surface area contributed by atoms with Gasteiger partial charge in [0.1, 0.15) is 11.9 Å². The molecule has 6 heteroatoms. The Balaban J connectivity index is 1.57. The first kappa shape index (κ1) is 18.5. The van der Waals surface area contributed by atoms with E-state index in [0.717, 1.165) is 42.7 Å². The molecule has 4 rings (SSSR count). The maximum atomic E-state index is 13.3. The van der Waals surface area contributed by atoms with Crippen molar-refractivity contribution in [3.8, 4) is 0 Å². The molecule has 1 saturated carbocycles. The van der Waals surface area contributed by atoms with Gasteiger partial charge >= 0.3 is 0 Å². The third kappa shape index (κ3) is 4.01. The molecule has 2 aromatic carbocycles. The summed E-state index contributed by atoms with van der Waals surface area (Å²) in [6.07, 6.45) is 3.47. The van der Waals surface area contributed by atoms with E-state index in [-0.39, 0.29) is 23.7 Å². The quantitative estimate of drug-likeness (QED) is 0.802. The highest BCUT2D eigenvalue weighted by Gasteiger charge is 2.29. The molecule has 1 aliphatic heterocycles. The molecule has 1 atom stereocenters. The summed E-state index contributed by atoms with van der Waals surface area (Å²) in [5, 5.41) is 6.30. The minimum absolute atomic E-state index is 0.120. The standard InChI is InChI=1S/C22H24FN3O2/c1-14-13-18(10-11-19(14)26-12-2-3-20(26)27)24-21(22(28)25-17-8-9-17)15-4-6-16(23)7-5-15/h4-7,10-11,13,17,21,24H,2-3,8-9,12H2,1H3,(H,25,28)/t21-/m1/s1. The van der Waals surface area contributed by atoms with Gasteiger partial charge in [-0.25, -0.2) is 4.39 Å². The Morgan fingerprint density at radius 2 is 1.93 bits per heavy atom. The number of nitrogens with zero attached hydrogens (tertiary/aromatic N) is 1. The van der Waals surface area contributed by atoms with Gasteiger partial charge < -0.3 is 15.5 Å². The van der Waals surface area contributed by atoms with Crippen molar-refractivity contribution in [2.75, 3.05) is 16.8 Å². The number of benzene rings is 2. The highest BCUT2D eigenvalue weighted by Crippen LogP contribution is 2.30. The number of amides is 2. The van der Waals surface area contributed by atoms with Crippen LogP contribution in [-0.4, -0.2) is 24.4 Å². The molecule has 5 nitrogen and oxygen atoms in total. The lowest BCUT2D eigenvalue weighted by Crippen LogP contribution is -2.34. The van der Waals surface area contributed by atoms with E-state index in [1.807, 2.05) is 30.0 Å². The second-order valence-corrected chi connectivity index (χ2v) is 7.56. The van der Waals surface area contributed by atoms with Crippen LogP contribution in [0.5, 0.6) is 0 Å². The number of halogens is 1. The summed E-state index contributed by atoms with van der Waals surface area (Å²) in [5.74, 6) is -0.303. The maximum Gasteiger partial charge on any atom is 0.247 e. The van der Waals surface area contributed by atoms with E-state index in [4.69, 9.17) is 0 Å². The van der Waals surface area contributed by atoms with Gasteiger partial charge in [0.15, 0.2) is 0 Å². The number of rotatable bonds is 6. The number of anilines is 2. The van der Waals surface area contributed by atoms with E-state index in [2.05, 4.69) is 10.6 Å². The molecule has 2 aromatic rings. The van der Waals surface area contributed by atoms with E-state index in [9.17, 15) is 14.0 Å². The van der Waals surface area contributed by atoms with Crippen LogP contribution in [0.4, 0.5) is 15.8 Å². The molecule has 0 spiro atoms. The number of hydrogen-bond acceptors (Lipinski definition) is 3. The summed E-state index contributed by atoms with van der Waals surface area (Å²) >= 11 is 0. The highest BCUT2D eigenvalue weighted by atomic mass is 19.1. The van der Waals surface area contributed by atoms with Crippen molar-refractivity contribution in [3.63, 3.8) is 0 Å². The Kier molecular flexibility index (Phi) is 5.03. The number of aryl methyl sites for hydroxylation is 1. The van der Waals surface area contributed by atoms with Crippen LogP contribution < -0.4 is 15.5 Å². The van der Waals surface area contributed by atoms with Crippen molar-refractivity contribution in [2.45, 2.75) is 44.7 Å². The van der Waals surface area contributed by atoms with Crippen molar-refractivity contribution < 1.29 is 14.0 Å². The lowest BCUT2D eigenvalue weighted by Gasteiger charge is -2.22. The highest BCUT2D eigenvalue weighted by molar-refractivity contribution is 5.96. The number of carbonyl (C=O) groups excluding carboxylic acids is 2. The molecule has 2 aliphatic rings. The molecule has 0 unspecified atom stereocenters. The van der Waals surface area contributed by atoms with E-state index in [1.165, 1.54) is 12.1 Å². The van der Waals surface area contributed by atoms with Gasteiger partial charge in [-0.15, -0.1) is 0 Å². The van der Waals surface area contributed by atoms with Crippen molar-refractivity contribution in [1.29, 1.82) is 0 Å². The van der Waals surface area contributed by atoms with Crippen LogP contribution in [0.3, 0.4) is 0 Å². The van der Waals surface area contributed by atoms with Gasteiger partial charge in [-0.2, -0.15) is 0 Å². The Morgan fingerprint density at radius 1 is 1.18 bits per heavy atom. The van der Waals surface area contributed by atoms with Crippen molar-refractivity contribution >= 4 is 23.2 Å². The molecule has 0 bridgehead atoms. The molecule has 2 amide bonds. The Labute approximate surface area is 163 Å². The Hall–Kier alpha value is -2.89. The average Bonchev–Trinajstić information content (AvgIpc) is 3.39. The second-order valence-electron chi connectivity index (χ2n) is 7.56. The summed E-state index contributed by atoms with van der Waals surface area (Å²) in [7, 11) is 0. The largest absolute Gasteiger partial charge is 0.370 e. The van der Waals surface area contributed by atoms with Crippen molar-refractivity contribution in [2.24, 2.45) is 0 Å². The van der Waals surface area contributed by atoms with Gasteiger partial charge in [-0.3, -0.25) is 9.59 Å². The predicted octanol–water partition coefficient (Wildman–Crippen LogP) is 3.69. The van der Waals surface area contributed by atoms with Gasteiger partial charge in [-0.1, -0.05) is 12.1 Å². The first-order chi connectivity index (χ1) is 13.5. The summed E-state index contributed by atoms with van der Waals surface area (Å²) in [4.78, 5) is 26.6. The molecule has 0 radical (unpaired) electrons. The Morgan fingerprint density at radius 3 is 2.54 bits per heavy atom. The van der Waals surface area contributed by atoms with Crippen LogP contribution in [0.15, 0.2) is 42.5 Å². The lowest BCUT2D eigenvalue weighted by molar-refractivity contribution is -0.122. The van der Waals surface area contributed by atoms with Gasteiger partial charge in [0.2, 0.25) is 11.8 Å². The number of nitrogens with one attached hydrogen (secondary N) is 2. The lowest BCUT2D eigenvalue weighted by atomic mass is 10.0. The molecular weight excluding hydrogens is 357 g/mol. The zero-order valence-electron chi connectivity index (χ0n) is 15.9. The van der Waals surface area contributed by atoms with Crippen LogP contribution in [0.1, 0.15) is 42.9 Å². The van der Waals surface area contributed by atoms with E-state index >= 15 is 0 Å². The smallest absolute Gasteiger partial charge is 0.247 e. The van der Waals surface area contributed by atoms with Crippen LogP contribution in [0.2, 0.25) is 0 Å². The van der Waals surface area contributed by atoms with Gasteiger partial charge in [-0.05, 0) is 67.6 Å². The molecule has 2 fully saturated rings. The topological polar surface area (TPSA) is 61.4 Å². The maximum absolute atomic E-state index is 13.3. The second kappa shape index (κ2) is 7.62. The Bertz CT molecular complexity index is 893. The third-order valence-electron chi connectivity index (χ3n) is 5.26. The molecule has 1 heterocycles. The van der Waals surface area contributed by atoms with E-state index in [1.54, 1.807) is 12.1 Å². The predicted molar refractivity (Wildman–Crippen MR) is 107 cm³/mol. The molecule has 146 valence electrons. The molecular formula is C22H24FN3O2. The van der Waals surface area contributed by atoms with Crippen molar-refractivity contribution in [3.05, 3.63) is 59.4 Å². The van der Waals surface area contributed by atoms with Gasteiger partial charge in [0, 0.05) is 30.4 Å². The monoisotopic (exact) mass is 381 g/mol. The number of carbonyl (C=O) groups is 2. The normalized spacial score (nSPS) is 17.5. The average molecular weight is 381 g/mol. The van der Waals surface area contributed by atoms with Gasteiger partial charge in [0.25, 0.3) is 0 Å². The minimum Gasteiger partial charge on any atom is -0.370 e. The van der Waals surface area contributed by atoms with Crippen LogP contribution in [-0.2, 0) is 9.59 Å². The van der Waals surface area contributed by atoms with Gasteiger partial charge in [0.05, 0.1) is 0 Å².